The summed E-state index contributed by atoms with van der Waals surface area (Å²) in [4.78, 5) is 15.1. The number of halogens is 1. The molecule has 0 spiro atoms. The quantitative estimate of drug-likeness (QED) is 0.479. The Morgan fingerprint density at radius 3 is 2.89 bits per heavy atom. The van der Waals surface area contributed by atoms with E-state index in [4.69, 9.17) is 21.4 Å². The van der Waals surface area contributed by atoms with Crippen molar-refractivity contribution < 1.29 is 14.6 Å². The van der Waals surface area contributed by atoms with Crippen LogP contribution in [0.15, 0.2) is 18.3 Å². The highest BCUT2D eigenvalue weighted by atomic mass is 35.5. The van der Waals surface area contributed by atoms with E-state index in [1.165, 1.54) is 0 Å². The summed E-state index contributed by atoms with van der Waals surface area (Å²) in [5, 5.41) is 14.1. The predicted octanol–water partition coefficient (Wildman–Crippen LogP) is 0.680. The number of aliphatic hydroxyl groups excluding tert-OH is 1. The number of alkyl halides is 1. The number of ether oxygens (including phenoxy) is 1. The maximum absolute atomic E-state index is 11.0. The molecule has 0 unspecified atom stereocenters. The summed E-state index contributed by atoms with van der Waals surface area (Å²) in [6, 6.07) is 3.48. The normalized spacial score (nSPS) is 10.1. The van der Waals surface area contributed by atoms with Crippen LogP contribution in [-0.4, -0.2) is 48.2 Å². The molecule has 0 saturated heterocycles. The monoisotopic (exact) mass is 273 g/mol. The van der Waals surface area contributed by atoms with E-state index in [0.717, 1.165) is 0 Å². The smallest absolute Gasteiger partial charge is 0.239 e. The fraction of sp³-hybridized carbons (Fsp3) is 0.455. The summed E-state index contributed by atoms with van der Waals surface area (Å²) in [5.74, 6) is 0.338. The van der Waals surface area contributed by atoms with Gasteiger partial charge in [0.15, 0.2) is 0 Å². The number of amides is 1. The number of anilines is 2. The number of aliphatic hydroxyl groups is 1. The fourth-order valence-corrected chi connectivity index (χ4v) is 1.25. The van der Waals surface area contributed by atoms with Gasteiger partial charge in [0.25, 0.3) is 0 Å². The fourth-order valence-electron chi connectivity index (χ4n) is 1.18. The van der Waals surface area contributed by atoms with E-state index in [1.807, 2.05) is 0 Å². The minimum Gasteiger partial charge on any atom is -0.394 e. The molecule has 0 aromatic carbocycles. The Labute approximate surface area is 110 Å². The van der Waals surface area contributed by atoms with Gasteiger partial charge in [-0.15, -0.1) is 11.6 Å². The molecule has 0 bridgehead atoms. The third-order valence-electron chi connectivity index (χ3n) is 1.96. The highest BCUT2D eigenvalue weighted by molar-refractivity contribution is 6.29. The predicted molar refractivity (Wildman–Crippen MR) is 70.0 cm³/mol. The molecule has 1 aromatic heterocycles. The zero-order valence-electron chi connectivity index (χ0n) is 9.86. The molecule has 0 fully saturated rings. The van der Waals surface area contributed by atoms with Gasteiger partial charge in [-0.2, -0.15) is 0 Å². The molecule has 1 amide bonds. The van der Waals surface area contributed by atoms with Gasteiger partial charge in [0.1, 0.15) is 11.7 Å². The van der Waals surface area contributed by atoms with Gasteiger partial charge in [-0.3, -0.25) is 4.79 Å². The van der Waals surface area contributed by atoms with Crippen LogP contribution in [0.3, 0.4) is 0 Å². The Hall–Kier alpha value is -1.37. The largest absolute Gasteiger partial charge is 0.394 e. The number of hydrogen-bond acceptors (Lipinski definition) is 5. The van der Waals surface area contributed by atoms with E-state index < -0.39 is 0 Å². The van der Waals surface area contributed by atoms with Crippen molar-refractivity contribution in [2.24, 2.45) is 0 Å². The van der Waals surface area contributed by atoms with Crippen molar-refractivity contribution in [3.8, 4) is 0 Å². The molecule has 3 N–H and O–H groups in total. The van der Waals surface area contributed by atoms with Crippen LogP contribution >= 0.6 is 11.6 Å². The minimum absolute atomic E-state index is 0.0210. The summed E-state index contributed by atoms with van der Waals surface area (Å²) in [7, 11) is 0. The molecule has 100 valence electrons. The third-order valence-corrected chi connectivity index (χ3v) is 2.20. The van der Waals surface area contributed by atoms with E-state index in [-0.39, 0.29) is 18.4 Å². The Balaban J connectivity index is 2.29. The minimum atomic E-state index is -0.267. The summed E-state index contributed by atoms with van der Waals surface area (Å²) in [5.41, 5.74) is 0.600. The molecule has 0 atom stereocenters. The number of pyridine rings is 1. The first kappa shape index (κ1) is 14.7. The van der Waals surface area contributed by atoms with Crippen LogP contribution in [0, 0.1) is 0 Å². The number of carbonyl (C=O) groups excluding carboxylic acids is 1. The van der Waals surface area contributed by atoms with Crippen LogP contribution in [-0.2, 0) is 9.53 Å². The standard InChI is InChI=1S/C11H16ClN3O3/c12-7-11(17)15-9-1-2-10(14-8-9)13-3-5-18-6-4-16/h1-2,8,16H,3-7H2,(H,13,14)(H,15,17). The van der Waals surface area contributed by atoms with Crippen molar-refractivity contribution in [2.45, 2.75) is 0 Å². The lowest BCUT2D eigenvalue weighted by molar-refractivity contribution is -0.113. The van der Waals surface area contributed by atoms with Gasteiger partial charge in [0, 0.05) is 6.54 Å². The van der Waals surface area contributed by atoms with Crippen molar-refractivity contribution in [2.75, 3.05) is 42.9 Å². The number of carbonyl (C=O) groups is 1. The average Bonchev–Trinajstić information content (AvgIpc) is 2.40. The molecule has 0 aliphatic rings. The van der Waals surface area contributed by atoms with E-state index in [2.05, 4.69) is 15.6 Å². The molecule has 1 heterocycles. The summed E-state index contributed by atoms with van der Waals surface area (Å²) >= 11 is 5.37. The summed E-state index contributed by atoms with van der Waals surface area (Å²) in [6.07, 6.45) is 1.54. The number of hydrogen-bond donors (Lipinski definition) is 3. The second-order valence-corrected chi connectivity index (χ2v) is 3.64. The van der Waals surface area contributed by atoms with Crippen molar-refractivity contribution >= 4 is 29.0 Å². The first-order valence-corrected chi connectivity index (χ1v) is 6.04. The van der Waals surface area contributed by atoms with Crippen molar-refractivity contribution in [1.82, 2.24) is 4.98 Å². The lowest BCUT2D eigenvalue weighted by Crippen LogP contribution is -2.14. The van der Waals surface area contributed by atoms with Gasteiger partial charge < -0.3 is 20.5 Å². The van der Waals surface area contributed by atoms with Crippen molar-refractivity contribution in [3.05, 3.63) is 18.3 Å². The Kier molecular flexibility index (Phi) is 7.09. The average molecular weight is 274 g/mol. The molecule has 0 saturated carbocycles. The lowest BCUT2D eigenvalue weighted by Gasteiger charge is -2.07. The number of aromatic nitrogens is 1. The highest BCUT2D eigenvalue weighted by Crippen LogP contribution is 2.09. The van der Waals surface area contributed by atoms with E-state index >= 15 is 0 Å². The van der Waals surface area contributed by atoms with Crippen LogP contribution < -0.4 is 10.6 Å². The van der Waals surface area contributed by atoms with Crippen LogP contribution in [0.5, 0.6) is 0 Å². The first-order valence-electron chi connectivity index (χ1n) is 5.50. The molecule has 0 aliphatic heterocycles. The Morgan fingerprint density at radius 2 is 2.28 bits per heavy atom. The van der Waals surface area contributed by atoms with Crippen molar-refractivity contribution in [1.29, 1.82) is 0 Å². The van der Waals surface area contributed by atoms with Crippen LogP contribution in [0.2, 0.25) is 0 Å². The first-order chi connectivity index (χ1) is 8.76. The molecule has 18 heavy (non-hydrogen) atoms. The highest BCUT2D eigenvalue weighted by Gasteiger charge is 2.00. The molecule has 1 aromatic rings. The molecule has 1 rings (SSSR count). The molecular formula is C11H16ClN3O3. The summed E-state index contributed by atoms with van der Waals surface area (Å²) < 4.78 is 5.08. The maximum atomic E-state index is 11.0. The Bertz CT molecular complexity index is 359. The lowest BCUT2D eigenvalue weighted by atomic mass is 10.4. The molecule has 6 nitrogen and oxygen atoms in total. The molecular weight excluding hydrogens is 258 g/mol. The van der Waals surface area contributed by atoms with Gasteiger partial charge in [0.2, 0.25) is 5.91 Å². The number of rotatable bonds is 8. The molecule has 0 radical (unpaired) electrons. The van der Waals surface area contributed by atoms with E-state index in [9.17, 15) is 4.79 Å². The van der Waals surface area contributed by atoms with Gasteiger partial charge in [-0.25, -0.2) is 4.98 Å². The van der Waals surface area contributed by atoms with Gasteiger partial charge in [-0.05, 0) is 12.1 Å². The zero-order chi connectivity index (χ0) is 13.2. The van der Waals surface area contributed by atoms with Crippen LogP contribution in [0.1, 0.15) is 0 Å². The summed E-state index contributed by atoms with van der Waals surface area (Å²) in [6.45, 7) is 1.44. The SMILES string of the molecule is O=C(CCl)Nc1ccc(NCCOCCO)nc1. The van der Waals surface area contributed by atoms with E-state index in [1.54, 1.807) is 18.3 Å². The van der Waals surface area contributed by atoms with Crippen molar-refractivity contribution in [3.63, 3.8) is 0 Å². The van der Waals surface area contributed by atoms with E-state index in [0.29, 0.717) is 31.3 Å². The Morgan fingerprint density at radius 1 is 1.44 bits per heavy atom. The number of nitrogens with zero attached hydrogens (tertiary/aromatic N) is 1. The van der Waals surface area contributed by atoms with Gasteiger partial charge in [-0.1, -0.05) is 0 Å². The van der Waals surface area contributed by atoms with Gasteiger partial charge >= 0.3 is 0 Å². The molecule has 0 aliphatic carbocycles. The van der Waals surface area contributed by atoms with Gasteiger partial charge in [0.05, 0.1) is 31.7 Å². The maximum Gasteiger partial charge on any atom is 0.239 e. The van der Waals surface area contributed by atoms with Crippen LogP contribution in [0.4, 0.5) is 11.5 Å². The topological polar surface area (TPSA) is 83.5 Å². The third kappa shape index (κ3) is 5.81. The number of nitrogens with one attached hydrogen (secondary N) is 2. The van der Waals surface area contributed by atoms with Crippen LogP contribution in [0.25, 0.3) is 0 Å². The second-order valence-electron chi connectivity index (χ2n) is 3.38. The zero-order valence-corrected chi connectivity index (χ0v) is 10.6. The molecule has 7 heteroatoms. The second kappa shape index (κ2) is 8.68.